The van der Waals surface area contributed by atoms with Gasteiger partial charge in [0.1, 0.15) is 0 Å². The Morgan fingerprint density at radius 3 is 1.95 bits per heavy atom. The Labute approximate surface area is 117 Å². The van der Waals surface area contributed by atoms with Crippen molar-refractivity contribution in [3.05, 3.63) is 34.4 Å². The van der Waals surface area contributed by atoms with Crippen molar-refractivity contribution in [2.45, 2.75) is 45.4 Å². The van der Waals surface area contributed by atoms with Gasteiger partial charge < -0.3 is 5.32 Å². The van der Waals surface area contributed by atoms with Crippen LogP contribution in [-0.2, 0) is 9.84 Å². The molecular weight excluding hydrogens is 258 g/mol. The quantitative estimate of drug-likeness (QED) is 0.924. The van der Waals surface area contributed by atoms with E-state index in [2.05, 4.69) is 31.3 Å². The van der Waals surface area contributed by atoms with E-state index in [0.717, 1.165) is 11.1 Å². The summed E-state index contributed by atoms with van der Waals surface area (Å²) in [5.74, 6) is 0. The maximum Gasteiger partial charge on any atom is 0.154 e. The van der Waals surface area contributed by atoms with Gasteiger partial charge in [-0.1, -0.05) is 12.1 Å². The molecule has 1 atom stereocenters. The molecule has 0 aromatic heterocycles. The van der Waals surface area contributed by atoms with Gasteiger partial charge in [0.2, 0.25) is 0 Å². The molecule has 0 aliphatic carbocycles. The molecule has 0 amide bonds. The molecule has 0 radical (unpaired) electrons. The second kappa shape index (κ2) is 5.25. The summed E-state index contributed by atoms with van der Waals surface area (Å²) in [6.07, 6.45) is 1.30. The standard InChI is InChI=1S/C15H25NO2S/c1-10-8-12(3)13(9-11(10)2)14(16-6)15(4,5)19(7,17)18/h8-9,14,16H,1-7H3. The average Bonchev–Trinajstić information content (AvgIpc) is 2.24. The Morgan fingerprint density at radius 1 is 1.05 bits per heavy atom. The van der Waals surface area contributed by atoms with E-state index in [4.69, 9.17) is 0 Å². The first-order valence-corrected chi connectivity index (χ1v) is 8.36. The molecule has 1 unspecified atom stereocenters. The highest BCUT2D eigenvalue weighted by molar-refractivity contribution is 7.92. The normalized spacial score (nSPS) is 14.5. The molecule has 1 aromatic rings. The van der Waals surface area contributed by atoms with E-state index in [1.807, 2.05) is 14.0 Å². The van der Waals surface area contributed by atoms with Crippen molar-refractivity contribution in [1.29, 1.82) is 0 Å². The van der Waals surface area contributed by atoms with E-state index in [1.165, 1.54) is 17.4 Å². The summed E-state index contributed by atoms with van der Waals surface area (Å²) in [6, 6.07) is 3.99. The number of nitrogens with one attached hydrogen (secondary N) is 1. The molecule has 1 rings (SSSR count). The monoisotopic (exact) mass is 283 g/mol. The van der Waals surface area contributed by atoms with Crippen molar-refractivity contribution >= 4 is 9.84 Å². The van der Waals surface area contributed by atoms with E-state index in [0.29, 0.717) is 0 Å². The number of hydrogen-bond donors (Lipinski definition) is 1. The topological polar surface area (TPSA) is 46.2 Å². The number of benzene rings is 1. The van der Waals surface area contributed by atoms with Gasteiger partial charge in [-0.3, -0.25) is 0 Å². The summed E-state index contributed by atoms with van der Waals surface area (Å²) in [7, 11) is -1.35. The van der Waals surface area contributed by atoms with E-state index in [1.54, 1.807) is 13.8 Å². The first-order valence-electron chi connectivity index (χ1n) is 6.47. The molecule has 0 fully saturated rings. The fourth-order valence-corrected chi connectivity index (χ4v) is 3.06. The third kappa shape index (κ3) is 3.00. The third-order valence-electron chi connectivity index (χ3n) is 4.13. The molecule has 0 bridgehead atoms. The molecule has 4 heteroatoms. The van der Waals surface area contributed by atoms with Gasteiger partial charge in [0.25, 0.3) is 0 Å². The van der Waals surface area contributed by atoms with Crippen LogP contribution < -0.4 is 5.32 Å². The summed E-state index contributed by atoms with van der Waals surface area (Å²) in [6.45, 7) is 9.71. The van der Waals surface area contributed by atoms with Crippen molar-refractivity contribution in [2.75, 3.05) is 13.3 Å². The largest absolute Gasteiger partial charge is 0.312 e. The summed E-state index contributed by atoms with van der Waals surface area (Å²) >= 11 is 0. The fourth-order valence-electron chi connectivity index (χ4n) is 2.39. The highest BCUT2D eigenvalue weighted by Crippen LogP contribution is 2.34. The maximum atomic E-state index is 12.0. The molecule has 1 aromatic carbocycles. The van der Waals surface area contributed by atoms with Gasteiger partial charge in [-0.15, -0.1) is 0 Å². The first kappa shape index (κ1) is 16.2. The smallest absolute Gasteiger partial charge is 0.154 e. The molecule has 1 N–H and O–H groups in total. The Kier molecular flexibility index (Phi) is 4.47. The van der Waals surface area contributed by atoms with E-state index in [9.17, 15) is 8.42 Å². The number of hydrogen-bond acceptors (Lipinski definition) is 3. The molecule has 3 nitrogen and oxygen atoms in total. The molecule has 0 spiro atoms. The number of aryl methyl sites for hydroxylation is 3. The van der Waals surface area contributed by atoms with Gasteiger partial charge in [-0.05, 0) is 63.9 Å². The molecule has 19 heavy (non-hydrogen) atoms. The zero-order chi connectivity index (χ0) is 15.0. The van der Waals surface area contributed by atoms with Gasteiger partial charge in [-0.2, -0.15) is 0 Å². The minimum atomic E-state index is -3.16. The minimum absolute atomic E-state index is 0.221. The lowest BCUT2D eigenvalue weighted by molar-refractivity contribution is 0.444. The van der Waals surface area contributed by atoms with Crippen LogP contribution in [0.5, 0.6) is 0 Å². The minimum Gasteiger partial charge on any atom is -0.312 e. The third-order valence-corrected chi connectivity index (χ3v) is 6.28. The summed E-state index contributed by atoms with van der Waals surface area (Å²) < 4.78 is 23.2. The second-order valence-electron chi connectivity index (χ2n) is 5.89. The molecule has 108 valence electrons. The maximum absolute atomic E-state index is 12.0. The van der Waals surface area contributed by atoms with Crippen LogP contribution in [0.3, 0.4) is 0 Å². The lowest BCUT2D eigenvalue weighted by Gasteiger charge is -2.34. The molecular formula is C15H25NO2S. The number of rotatable bonds is 4. The zero-order valence-corrected chi connectivity index (χ0v) is 13.8. The van der Waals surface area contributed by atoms with Crippen molar-refractivity contribution < 1.29 is 8.42 Å². The summed E-state index contributed by atoms with van der Waals surface area (Å²) in [5.41, 5.74) is 4.60. The van der Waals surface area contributed by atoms with Crippen molar-refractivity contribution in [3.63, 3.8) is 0 Å². The van der Waals surface area contributed by atoms with Crippen LogP contribution in [0.4, 0.5) is 0 Å². The van der Waals surface area contributed by atoms with E-state index >= 15 is 0 Å². The van der Waals surface area contributed by atoms with Gasteiger partial charge >= 0.3 is 0 Å². The molecule has 0 heterocycles. The SMILES string of the molecule is CNC(c1cc(C)c(C)cc1C)C(C)(C)S(C)(=O)=O. The lowest BCUT2D eigenvalue weighted by Crippen LogP contribution is -2.44. The van der Waals surface area contributed by atoms with Crippen LogP contribution in [-0.4, -0.2) is 26.5 Å². The van der Waals surface area contributed by atoms with Crippen molar-refractivity contribution in [3.8, 4) is 0 Å². The van der Waals surface area contributed by atoms with Gasteiger partial charge in [-0.25, -0.2) is 8.42 Å². The highest BCUT2D eigenvalue weighted by Gasteiger charge is 2.39. The summed E-state index contributed by atoms with van der Waals surface area (Å²) in [4.78, 5) is 0. The number of sulfone groups is 1. The summed E-state index contributed by atoms with van der Waals surface area (Å²) in [5, 5.41) is 3.17. The van der Waals surface area contributed by atoms with Crippen LogP contribution >= 0.6 is 0 Å². The van der Waals surface area contributed by atoms with Crippen LogP contribution in [0.2, 0.25) is 0 Å². The molecule has 0 aliphatic heterocycles. The fraction of sp³-hybridized carbons (Fsp3) is 0.600. The van der Waals surface area contributed by atoms with Crippen molar-refractivity contribution in [2.24, 2.45) is 0 Å². The average molecular weight is 283 g/mol. The first-order chi connectivity index (χ1) is 8.52. The Bertz CT molecular complexity index is 574. The molecule has 0 saturated heterocycles. The van der Waals surface area contributed by atoms with E-state index in [-0.39, 0.29) is 6.04 Å². The lowest BCUT2D eigenvalue weighted by atomic mass is 9.89. The molecule has 0 aliphatic rings. The van der Waals surface area contributed by atoms with Gasteiger partial charge in [0, 0.05) is 6.26 Å². The Balaban J connectivity index is 3.45. The highest BCUT2D eigenvalue weighted by atomic mass is 32.2. The van der Waals surface area contributed by atoms with Gasteiger partial charge in [0.05, 0.1) is 10.8 Å². The van der Waals surface area contributed by atoms with Crippen LogP contribution in [0, 0.1) is 20.8 Å². The van der Waals surface area contributed by atoms with Crippen LogP contribution in [0.15, 0.2) is 12.1 Å². The Hall–Kier alpha value is -0.870. The van der Waals surface area contributed by atoms with Crippen LogP contribution in [0.25, 0.3) is 0 Å². The van der Waals surface area contributed by atoms with Crippen LogP contribution in [0.1, 0.15) is 42.1 Å². The predicted octanol–water partition coefficient (Wildman–Crippen LogP) is 2.70. The predicted molar refractivity (Wildman–Crippen MR) is 81.4 cm³/mol. The van der Waals surface area contributed by atoms with Crippen molar-refractivity contribution in [1.82, 2.24) is 5.32 Å². The van der Waals surface area contributed by atoms with Gasteiger partial charge in [0.15, 0.2) is 9.84 Å². The zero-order valence-electron chi connectivity index (χ0n) is 13.0. The Morgan fingerprint density at radius 2 is 1.53 bits per heavy atom. The molecule has 0 saturated carbocycles. The van der Waals surface area contributed by atoms with E-state index < -0.39 is 14.6 Å². The second-order valence-corrected chi connectivity index (χ2v) is 8.49.